The van der Waals surface area contributed by atoms with Crippen LogP contribution in [0.1, 0.15) is 31.9 Å². The van der Waals surface area contributed by atoms with Crippen LogP contribution in [0, 0.1) is 13.8 Å². The third-order valence-electron chi connectivity index (χ3n) is 1.98. The molecule has 0 saturated carbocycles. The van der Waals surface area contributed by atoms with E-state index in [1.807, 2.05) is 39.8 Å². The Bertz CT molecular complexity index is 336. The summed E-state index contributed by atoms with van der Waals surface area (Å²) < 4.78 is 5.22. The number of hydrogen-bond acceptors (Lipinski definition) is 2. The first-order chi connectivity index (χ1) is 7.54. The predicted molar refractivity (Wildman–Crippen MR) is 68.1 cm³/mol. The number of carbonyl (C=O) groups excluding carboxylic acids is 1. The summed E-state index contributed by atoms with van der Waals surface area (Å²) in [5.41, 5.74) is 2.86. The highest BCUT2D eigenvalue weighted by atomic mass is 16.5. The van der Waals surface area contributed by atoms with Gasteiger partial charge in [-0.05, 0) is 37.1 Å². The van der Waals surface area contributed by atoms with E-state index >= 15 is 0 Å². The molecule has 0 atom stereocenters. The minimum atomic E-state index is -0.0611. The van der Waals surface area contributed by atoms with Crippen LogP contribution in [0.2, 0.25) is 0 Å². The molecule has 0 aliphatic carbocycles. The number of aryl methyl sites for hydroxylation is 2. The largest absolute Gasteiger partial charge is 0.496 e. The summed E-state index contributed by atoms with van der Waals surface area (Å²) in [6, 6.07) is 3.79. The lowest BCUT2D eigenvalue weighted by atomic mass is 10.1. The van der Waals surface area contributed by atoms with Crippen LogP contribution in [0.5, 0.6) is 5.75 Å². The van der Waals surface area contributed by atoms with Gasteiger partial charge in [-0.3, -0.25) is 4.79 Å². The molecule has 0 unspecified atom stereocenters. The second-order valence-corrected chi connectivity index (χ2v) is 3.32. The molecule has 0 radical (unpaired) electrons. The van der Waals surface area contributed by atoms with Gasteiger partial charge in [0, 0.05) is 12.6 Å². The Morgan fingerprint density at radius 2 is 1.62 bits per heavy atom. The predicted octanol–water partition coefficient (Wildman–Crippen LogP) is 3.30. The molecule has 0 bridgehead atoms. The van der Waals surface area contributed by atoms with Crippen molar-refractivity contribution < 1.29 is 9.53 Å². The highest BCUT2D eigenvalue weighted by Gasteiger charge is 2.05. The van der Waals surface area contributed by atoms with Crippen LogP contribution in [-0.4, -0.2) is 13.0 Å². The summed E-state index contributed by atoms with van der Waals surface area (Å²) in [5.74, 6) is 0.813. The van der Waals surface area contributed by atoms with E-state index in [9.17, 15) is 4.79 Å². The van der Waals surface area contributed by atoms with Crippen LogP contribution >= 0.6 is 0 Å². The van der Waals surface area contributed by atoms with Crippen molar-refractivity contribution >= 4 is 11.6 Å². The van der Waals surface area contributed by atoms with Crippen LogP contribution in [-0.2, 0) is 4.79 Å². The van der Waals surface area contributed by atoms with Gasteiger partial charge >= 0.3 is 0 Å². The number of benzene rings is 1. The van der Waals surface area contributed by atoms with Gasteiger partial charge in [0.15, 0.2) is 0 Å². The quantitative estimate of drug-likeness (QED) is 0.835. The molecule has 3 nitrogen and oxygen atoms in total. The Labute approximate surface area is 97.8 Å². The van der Waals surface area contributed by atoms with Crippen LogP contribution in [0.3, 0.4) is 0 Å². The lowest BCUT2D eigenvalue weighted by molar-refractivity contribution is -0.114. The Morgan fingerprint density at radius 1 is 1.19 bits per heavy atom. The maximum atomic E-state index is 10.8. The number of amides is 1. The van der Waals surface area contributed by atoms with Gasteiger partial charge in [-0.2, -0.15) is 0 Å². The summed E-state index contributed by atoms with van der Waals surface area (Å²) in [6.07, 6.45) is 0. The first kappa shape index (κ1) is 14.5. The number of methoxy groups -OCH3 is 1. The van der Waals surface area contributed by atoms with E-state index < -0.39 is 0 Å². The van der Waals surface area contributed by atoms with Gasteiger partial charge in [0.25, 0.3) is 0 Å². The van der Waals surface area contributed by atoms with Gasteiger partial charge in [0.2, 0.25) is 5.91 Å². The van der Waals surface area contributed by atoms with Crippen molar-refractivity contribution in [2.75, 3.05) is 12.4 Å². The molecule has 3 heteroatoms. The molecule has 1 rings (SSSR count). The molecule has 1 amide bonds. The van der Waals surface area contributed by atoms with Crippen molar-refractivity contribution in [3.05, 3.63) is 23.3 Å². The maximum absolute atomic E-state index is 10.8. The normalized spacial score (nSPS) is 8.88. The third-order valence-corrected chi connectivity index (χ3v) is 1.98. The fourth-order valence-corrected chi connectivity index (χ4v) is 1.55. The van der Waals surface area contributed by atoms with E-state index in [4.69, 9.17) is 4.74 Å². The molecule has 0 aliphatic heterocycles. The second-order valence-electron chi connectivity index (χ2n) is 3.32. The monoisotopic (exact) mass is 223 g/mol. The number of carbonyl (C=O) groups is 1. The van der Waals surface area contributed by atoms with Crippen LogP contribution in [0.15, 0.2) is 12.1 Å². The number of ether oxygens (including phenoxy) is 1. The van der Waals surface area contributed by atoms with Gasteiger partial charge in [-0.1, -0.05) is 13.8 Å². The summed E-state index contributed by atoms with van der Waals surface area (Å²) in [5, 5.41) is 2.74. The Kier molecular flexibility index (Phi) is 6.23. The van der Waals surface area contributed by atoms with Crippen molar-refractivity contribution in [1.29, 1.82) is 0 Å². The van der Waals surface area contributed by atoms with Gasteiger partial charge in [-0.25, -0.2) is 0 Å². The molecule has 1 aromatic rings. The first-order valence-corrected chi connectivity index (χ1v) is 5.47. The van der Waals surface area contributed by atoms with Crippen molar-refractivity contribution in [3.63, 3.8) is 0 Å². The highest BCUT2D eigenvalue weighted by Crippen LogP contribution is 2.26. The van der Waals surface area contributed by atoms with Crippen LogP contribution < -0.4 is 10.1 Å². The summed E-state index contributed by atoms with van der Waals surface area (Å²) in [4.78, 5) is 10.8. The minimum Gasteiger partial charge on any atom is -0.496 e. The number of rotatable bonds is 2. The Morgan fingerprint density at radius 3 is 1.94 bits per heavy atom. The molecule has 0 aromatic heterocycles. The summed E-state index contributed by atoms with van der Waals surface area (Å²) in [7, 11) is 1.65. The van der Waals surface area contributed by atoms with Crippen molar-refractivity contribution in [1.82, 2.24) is 0 Å². The zero-order valence-corrected chi connectivity index (χ0v) is 11.0. The molecule has 0 fully saturated rings. The maximum Gasteiger partial charge on any atom is 0.221 e. The molecule has 0 saturated heterocycles. The molecule has 0 aliphatic rings. The zero-order valence-electron chi connectivity index (χ0n) is 11.0. The lowest BCUT2D eigenvalue weighted by Crippen LogP contribution is -2.06. The SMILES string of the molecule is CC.COc1c(C)cc(NC(C)=O)cc1C. The average molecular weight is 223 g/mol. The Balaban J connectivity index is 0.00000106. The Hall–Kier alpha value is -1.51. The van der Waals surface area contributed by atoms with Gasteiger partial charge < -0.3 is 10.1 Å². The summed E-state index contributed by atoms with van der Waals surface area (Å²) >= 11 is 0. The number of hydrogen-bond donors (Lipinski definition) is 1. The molecule has 90 valence electrons. The molecular formula is C13H21NO2. The van der Waals surface area contributed by atoms with Crippen molar-refractivity contribution in [2.45, 2.75) is 34.6 Å². The van der Waals surface area contributed by atoms with E-state index in [-0.39, 0.29) is 5.91 Å². The zero-order chi connectivity index (χ0) is 12.7. The van der Waals surface area contributed by atoms with E-state index in [2.05, 4.69) is 5.32 Å². The van der Waals surface area contributed by atoms with E-state index in [1.54, 1.807) is 7.11 Å². The topological polar surface area (TPSA) is 38.3 Å². The van der Waals surface area contributed by atoms with Gasteiger partial charge in [0.1, 0.15) is 5.75 Å². The summed E-state index contributed by atoms with van der Waals surface area (Å²) in [6.45, 7) is 9.41. The minimum absolute atomic E-state index is 0.0611. The molecule has 1 aromatic carbocycles. The fourth-order valence-electron chi connectivity index (χ4n) is 1.55. The third kappa shape index (κ3) is 3.93. The van der Waals surface area contributed by atoms with E-state index in [0.29, 0.717) is 0 Å². The fraction of sp³-hybridized carbons (Fsp3) is 0.462. The van der Waals surface area contributed by atoms with E-state index in [0.717, 1.165) is 22.6 Å². The number of anilines is 1. The van der Waals surface area contributed by atoms with Crippen LogP contribution in [0.4, 0.5) is 5.69 Å². The van der Waals surface area contributed by atoms with Gasteiger partial charge in [0.05, 0.1) is 7.11 Å². The van der Waals surface area contributed by atoms with Crippen LogP contribution in [0.25, 0.3) is 0 Å². The smallest absolute Gasteiger partial charge is 0.221 e. The standard InChI is InChI=1S/C11H15NO2.C2H6/c1-7-5-10(12-9(3)13)6-8(2)11(7)14-4;1-2/h5-6H,1-4H3,(H,12,13);1-2H3. The second kappa shape index (κ2) is 6.88. The average Bonchev–Trinajstić information content (AvgIpc) is 2.19. The molecular weight excluding hydrogens is 202 g/mol. The molecule has 0 heterocycles. The first-order valence-electron chi connectivity index (χ1n) is 5.47. The van der Waals surface area contributed by atoms with E-state index in [1.165, 1.54) is 6.92 Å². The molecule has 16 heavy (non-hydrogen) atoms. The molecule has 0 spiro atoms. The molecule has 1 N–H and O–H groups in total. The number of nitrogens with one attached hydrogen (secondary N) is 1. The highest BCUT2D eigenvalue weighted by molar-refractivity contribution is 5.89. The van der Waals surface area contributed by atoms with Crippen molar-refractivity contribution in [3.8, 4) is 5.75 Å². The lowest BCUT2D eigenvalue weighted by Gasteiger charge is -2.11. The van der Waals surface area contributed by atoms with Gasteiger partial charge in [-0.15, -0.1) is 0 Å². The van der Waals surface area contributed by atoms with Crippen molar-refractivity contribution in [2.24, 2.45) is 0 Å².